The van der Waals surface area contributed by atoms with Crippen LogP contribution in [-0.4, -0.2) is 58.1 Å². The molecule has 190 valence electrons. The number of piperidine rings is 2. The van der Waals surface area contributed by atoms with Gasteiger partial charge in [0.1, 0.15) is 0 Å². The highest BCUT2D eigenvalue weighted by Gasteiger charge is 2.31. The third kappa shape index (κ3) is 6.47. The SMILES string of the molecule is C=C(C)N1CCC(NC[C@H]2CC(C)[C@@H](c3cc(C(CC)CC)nc(-c4ccncc4)n3)CN2)CC1. The highest BCUT2D eigenvalue weighted by molar-refractivity contribution is 5.54. The van der Waals surface area contributed by atoms with Crippen LogP contribution in [0.5, 0.6) is 0 Å². The maximum absolute atomic E-state index is 5.09. The average Bonchev–Trinajstić information content (AvgIpc) is 2.89. The number of pyridine rings is 1. The molecule has 0 amide bonds. The van der Waals surface area contributed by atoms with Crippen molar-refractivity contribution in [2.45, 2.75) is 83.7 Å². The summed E-state index contributed by atoms with van der Waals surface area (Å²) in [5.74, 6) is 2.28. The first-order chi connectivity index (χ1) is 17.0. The van der Waals surface area contributed by atoms with E-state index in [-0.39, 0.29) is 0 Å². The lowest BCUT2D eigenvalue weighted by molar-refractivity contribution is 0.224. The molecular formula is C29H44N6. The smallest absolute Gasteiger partial charge is 0.159 e. The molecule has 6 nitrogen and oxygen atoms in total. The molecule has 0 saturated carbocycles. The van der Waals surface area contributed by atoms with Crippen LogP contribution in [0.15, 0.2) is 42.9 Å². The molecule has 2 aromatic rings. The van der Waals surface area contributed by atoms with Crippen LogP contribution in [-0.2, 0) is 0 Å². The van der Waals surface area contributed by atoms with Crippen LogP contribution >= 0.6 is 0 Å². The molecule has 2 aliphatic heterocycles. The van der Waals surface area contributed by atoms with E-state index in [2.05, 4.69) is 60.9 Å². The molecule has 2 N–H and O–H groups in total. The number of likely N-dealkylation sites (tertiary alicyclic amines) is 1. The second kappa shape index (κ2) is 12.1. The van der Waals surface area contributed by atoms with Gasteiger partial charge in [0.25, 0.3) is 0 Å². The van der Waals surface area contributed by atoms with E-state index in [0.29, 0.717) is 29.8 Å². The summed E-state index contributed by atoms with van der Waals surface area (Å²) in [7, 11) is 0. The highest BCUT2D eigenvalue weighted by atomic mass is 15.2. The zero-order valence-corrected chi connectivity index (χ0v) is 22.1. The fourth-order valence-electron chi connectivity index (χ4n) is 5.74. The van der Waals surface area contributed by atoms with E-state index >= 15 is 0 Å². The molecule has 0 aliphatic carbocycles. The summed E-state index contributed by atoms with van der Waals surface area (Å²) in [5.41, 5.74) is 4.61. The number of nitrogens with zero attached hydrogens (tertiary/aromatic N) is 4. The minimum Gasteiger partial charge on any atom is -0.375 e. The van der Waals surface area contributed by atoms with Crippen molar-refractivity contribution in [2.24, 2.45) is 5.92 Å². The van der Waals surface area contributed by atoms with Gasteiger partial charge in [-0.1, -0.05) is 27.4 Å². The second-order valence-electron chi connectivity index (χ2n) is 10.6. The van der Waals surface area contributed by atoms with Crippen molar-refractivity contribution in [3.05, 3.63) is 54.3 Å². The number of aromatic nitrogens is 3. The molecule has 4 heterocycles. The zero-order chi connectivity index (χ0) is 24.8. The van der Waals surface area contributed by atoms with Crippen LogP contribution in [0.2, 0.25) is 0 Å². The quantitative estimate of drug-likeness (QED) is 0.524. The fraction of sp³-hybridized carbons (Fsp3) is 0.621. The summed E-state index contributed by atoms with van der Waals surface area (Å²) in [5, 5.41) is 7.69. The molecular weight excluding hydrogens is 432 g/mol. The largest absolute Gasteiger partial charge is 0.375 e. The number of allylic oxidation sites excluding steroid dienone is 1. The van der Waals surface area contributed by atoms with Crippen LogP contribution < -0.4 is 10.6 Å². The predicted molar refractivity (Wildman–Crippen MR) is 144 cm³/mol. The first-order valence-corrected chi connectivity index (χ1v) is 13.6. The molecule has 35 heavy (non-hydrogen) atoms. The highest BCUT2D eigenvalue weighted by Crippen LogP contribution is 2.33. The van der Waals surface area contributed by atoms with E-state index < -0.39 is 0 Å². The van der Waals surface area contributed by atoms with Crippen molar-refractivity contribution in [1.29, 1.82) is 0 Å². The Balaban J connectivity index is 1.41. The van der Waals surface area contributed by atoms with Crippen molar-refractivity contribution in [2.75, 3.05) is 26.2 Å². The van der Waals surface area contributed by atoms with Crippen molar-refractivity contribution >= 4 is 0 Å². The normalized spacial score (nSPS) is 23.6. The van der Waals surface area contributed by atoms with Crippen LogP contribution in [0, 0.1) is 5.92 Å². The maximum Gasteiger partial charge on any atom is 0.159 e. The van der Waals surface area contributed by atoms with E-state index in [1.165, 1.54) is 29.9 Å². The van der Waals surface area contributed by atoms with Gasteiger partial charge in [0.2, 0.25) is 0 Å². The first-order valence-electron chi connectivity index (χ1n) is 13.6. The summed E-state index contributed by atoms with van der Waals surface area (Å²) in [6.07, 6.45) is 9.42. The Bertz CT molecular complexity index is 949. The van der Waals surface area contributed by atoms with E-state index in [0.717, 1.165) is 56.8 Å². The summed E-state index contributed by atoms with van der Waals surface area (Å²) in [6, 6.07) is 7.45. The van der Waals surface area contributed by atoms with E-state index in [4.69, 9.17) is 9.97 Å². The summed E-state index contributed by atoms with van der Waals surface area (Å²) in [6.45, 7) is 17.4. The molecule has 2 aromatic heterocycles. The van der Waals surface area contributed by atoms with Crippen LogP contribution in [0.25, 0.3) is 11.4 Å². The van der Waals surface area contributed by atoms with Crippen molar-refractivity contribution in [1.82, 2.24) is 30.5 Å². The number of rotatable bonds is 9. The standard InChI is InChI=1S/C29H44N6/c1-6-22(7-2)27-17-28(34-29(33-27)23-8-12-30-13-9-23)26-19-32-25(16-21(26)5)18-31-24-10-14-35(15-11-24)20(3)4/h8-9,12-13,17,21-22,24-26,31-32H,3,6-7,10-11,14-16,18-19H2,1-2,4-5H3/t21?,25-,26+/m1/s1. The first kappa shape index (κ1) is 25.8. The fourth-order valence-corrected chi connectivity index (χ4v) is 5.74. The Hall–Kier alpha value is -2.31. The molecule has 2 fully saturated rings. The van der Waals surface area contributed by atoms with Crippen LogP contribution in [0.1, 0.15) is 83.0 Å². The van der Waals surface area contributed by atoms with Crippen LogP contribution in [0.4, 0.5) is 0 Å². The average molecular weight is 477 g/mol. The van der Waals surface area contributed by atoms with Gasteiger partial charge in [0.05, 0.1) is 0 Å². The molecule has 0 spiro atoms. The molecule has 2 aliphatic rings. The molecule has 3 atom stereocenters. The Labute approximate surface area is 212 Å². The maximum atomic E-state index is 5.09. The summed E-state index contributed by atoms with van der Waals surface area (Å²) >= 11 is 0. The number of hydrogen-bond acceptors (Lipinski definition) is 6. The lowest BCUT2D eigenvalue weighted by Crippen LogP contribution is -2.50. The second-order valence-corrected chi connectivity index (χ2v) is 10.6. The lowest BCUT2D eigenvalue weighted by atomic mass is 9.81. The molecule has 4 rings (SSSR count). The number of hydrogen-bond donors (Lipinski definition) is 2. The molecule has 0 radical (unpaired) electrons. The van der Waals surface area contributed by atoms with Gasteiger partial charge in [0, 0.05) is 85.1 Å². The summed E-state index contributed by atoms with van der Waals surface area (Å²) < 4.78 is 0. The molecule has 0 aromatic carbocycles. The Morgan fingerprint density at radius 3 is 2.51 bits per heavy atom. The third-order valence-electron chi connectivity index (χ3n) is 8.15. The van der Waals surface area contributed by atoms with Gasteiger partial charge in [-0.05, 0) is 63.1 Å². The zero-order valence-electron chi connectivity index (χ0n) is 22.1. The van der Waals surface area contributed by atoms with E-state index in [9.17, 15) is 0 Å². The molecule has 1 unspecified atom stereocenters. The van der Waals surface area contributed by atoms with E-state index in [1.807, 2.05) is 24.5 Å². The van der Waals surface area contributed by atoms with Gasteiger partial charge < -0.3 is 15.5 Å². The third-order valence-corrected chi connectivity index (χ3v) is 8.15. The van der Waals surface area contributed by atoms with Crippen molar-refractivity contribution in [3.63, 3.8) is 0 Å². The lowest BCUT2D eigenvalue weighted by Gasteiger charge is -2.38. The van der Waals surface area contributed by atoms with Crippen LogP contribution in [0.3, 0.4) is 0 Å². The monoisotopic (exact) mass is 476 g/mol. The molecule has 2 saturated heterocycles. The van der Waals surface area contributed by atoms with Gasteiger partial charge in [-0.3, -0.25) is 4.98 Å². The van der Waals surface area contributed by atoms with Crippen molar-refractivity contribution < 1.29 is 0 Å². The molecule has 6 heteroatoms. The Morgan fingerprint density at radius 2 is 1.89 bits per heavy atom. The minimum atomic E-state index is 0.404. The summed E-state index contributed by atoms with van der Waals surface area (Å²) in [4.78, 5) is 16.7. The van der Waals surface area contributed by atoms with Gasteiger partial charge in [-0.15, -0.1) is 0 Å². The van der Waals surface area contributed by atoms with Gasteiger partial charge in [0.15, 0.2) is 5.82 Å². The minimum absolute atomic E-state index is 0.404. The van der Waals surface area contributed by atoms with E-state index in [1.54, 1.807) is 0 Å². The van der Waals surface area contributed by atoms with Gasteiger partial charge >= 0.3 is 0 Å². The van der Waals surface area contributed by atoms with Gasteiger partial charge in [-0.2, -0.15) is 0 Å². The Kier molecular flexibility index (Phi) is 8.90. The van der Waals surface area contributed by atoms with Gasteiger partial charge in [-0.25, -0.2) is 9.97 Å². The topological polar surface area (TPSA) is 66.0 Å². The predicted octanol–water partition coefficient (Wildman–Crippen LogP) is 5.11. The Morgan fingerprint density at radius 1 is 1.17 bits per heavy atom. The van der Waals surface area contributed by atoms with Crippen molar-refractivity contribution in [3.8, 4) is 11.4 Å². The number of nitrogens with one attached hydrogen (secondary N) is 2. The molecule has 0 bridgehead atoms.